The Morgan fingerprint density at radius 2 is 1.43 bits per heavy atom. The van der Waals surface area contributed by atoms with E-state index in [2.05, 4.69) is 5.32 Å². The van der Waals surface area contributed by atoms with Gasteiger partial charge in [-0.25, -0.2) is 0 Å². The van der Waals surface area contributed by atoms with Crippen LogP contribution in [0, 0.1) is 0 Å². The zero-order chi connectivity index (χ0) is 14.7. The monoisotopic (exact) mass is 279 g/mol. The fourth-order valence-corrected chi connectivity index (χ4v) is 2.40. The number of amides is 1. The molecule has 3 rings (SSSR count). The maximum atomic E-state index is 12.0. The van der Waals surface area contributed by atoms with Crippen LogP contribution < -0.4 is 5.32 Å². The molecule has 104 valence electrons. The maximum Gasteiger partial charge on any atom is 0.251 e. The number of carbonyl (C=O) groups excluding carboxylic acids is 2. The molecule has 0 unspecified atom stereocenters. The first-order valence-corrected chi connectivity index (χ1v) is 6.54. The molecule has 0 bridgehead atoms. The van der Waals surface area contributed by atoms with E-state index < -0.39 is 5.72 Å². The van der Waals surface area contributed by atoms with Gasteiger partial charge < -0.3 is 10.1 Å². The molecule has 4 nitrogen and oxygen atoms in total. The number of ether oxygens (including phenoxy) is 1. The van der Waals surface area contributed by atoms with Gasteiger partial charge in [-0.2, -0.15) is 0 Å². The van der Waals surface area contributed by atoms with Gasteiger partial charge in [0, 0.05) is 17.2 Å². The Balaban J connectivity index is 2.20. The Morgan fingerprint density at radius 1 is 0.905 bits per heavy atom. The van der Waals surface area contributed by atoms with Gasteiger partial charge in [0.25, 0.3) is 5.91 Å². The molecular weight excluding hydrogens is 266 g/mol. The average Bonchev–Trinajstić information content (AvgIpc) is 2.55. The topological polar surface area (TPSA) is 55.4 Å². The predicted molar refractivity (Wildman–Crippen MR) is 77.0 cm³/mol. The fraction of sp³-hybridized carbons (Fsp3) is 0.0588. The second kappa shape index (κ2) is 5.25. The van der Waals surface area contributed by atoms with Crippen molar-refractivity contribution >= 4 is 12.2 Å². The van der Waals surface area contributed by atoms with Crippen LogP contribution in [-0.4, -0.2) is 12.2 Å². The van der Waals surface area contributed by atoms with Gasteiger partial charge in [0.2, 0.25) is 5.72 Å². The molecule has 2 aromatic carbocycles. The molecule has 0 aliphatic carbocycles. The van der Waals surface area contributed by atoms with Gasteiger partial charge >= 0.3 is 0 Å². The second-order valence-corrected chi connectivity index (χ2v) is 4.67. The van der Waals surface area contributed by atoms with Crippen LogP contribution in [-0.2, 0) is 20.1 Å². The van der Waals surface area contributed by atoms with E-state index in [9.17, 15) is 9.59 Å². The molecule has 0 atom stereocenters. The summed E-state index contributed by atoms with van der Waals surface area (Å²) in [5.74, 6) is -0.359. The van der Waals surface area contributed by atoms with Gasteiger partial charge in [0.15, 0.2) is 12.0 Å². The Labute approximate surface area is 122 Å². The van der Waals surface area contributed by atoms with Crippen molar-refractivity contribution in [2.75, 3.05) is 0 Å². The van der Waals surface area contributed by atoms with E-state index in [0.717, 1.165) is 17.2 Å². The van der Waals surface area contributed by atoms with Gasteiger partial charge in [-0.05, 0) is 0 Å². The van der Waals surface area contributed by atoms with Crippen LogP contribution in [0.15, 0.2) is 72.5 Å². The highest BCUT2D eigenvalue weighted by Crippen LogP contribution is 2.34. The van der Waals surface area contributed by atoms with E-state index in [-0.39, 0.29) is 11.7 Å². The van der Waals surface area contributed by atoms with Crippen molar-refractivity contribution in [2.24, 2.45) is 0 Å². The molecule has 1 amide bonds. The van der Waals surface area contributed by atoms with Crippen LogP contribution in [0.2, 0.25) is 0 Å². The van der Waals surface area contributed by atoms with Gasteiger partial charge in [0.05, 0.1) is 0 Å². The van der Waals surface area contributed by atoms with Gasteiger partial charge in [-0.1, -0.05) is 60.7 Å². The lowest BCUT2D eigenvalue weighted by Gasteiger charge is -2.38. The molecule has 1 N–H and O–H groups in total. The third-order valence-corrected chi connectivity index (χ3v) is 3.32. The molecule has 0 saturated carbocycles. The molecule has 0 aromatic heterocycles. The zero-order valence-electron chi connectivity index (χ0n) is 11.2. The number of hydrogen-bond acceptors (Lipinski definition) is 3. The lowest BCUT2D eigenvalue weighted by atomic mass is 9.93. The van der Waals surface area contributed by atoms with Crippen LogP contribution in [0.25, 0.3) is 0 Å². The van der Waals surface area contributed by atoms with Crippen LogP contribution in [0.3, 0.4) is 0 Å². The normalized spacial score (nSPS) is 16.4. The standard InChI is InChI=1S/C17H13NO3/c19-12-15-11-16(20)18-17(21-15,13-7-3-1-4-8-13)14-9-5-2-6-10-14/h1-12H,(H,18,20). The van der Waals surface area contributed by atoms with E-state index in [1.807, 2.05) is 60.7 Å². The first-order chi connectivity index (χ1) is 10.2. The highest BCUT2D eigenvalue weighted by molar-refractivity contribution is 5.94. The van der Waals surface area contributed by atoms with Crippen molar-refractivity contribution in [2.45, 2.75) is 5.72 Å². The summed E-state index contributed by atoms with van der Waals surface area (Å²) in [6.07, 6.45) is 1.69. The first-order valence-electron chi connectivity index (χ1n) is 6.54. The molecular formula is C17H13NO3. The summed E-state index contributed by atoms with van der Waals surface area (Å²) in [6, 6.07) is 18.6. The van der Waals surface area contributed by atoms with Gasteiger partial charge in [0.1, 0.15) is 0 Å². The highest BCUT2D eigenvalue weighted by Gasteiger charge is 2.41. The molecule has 0 saturated heterocycles. The van der Waals surface area contributed by atoms with E-state index in [1.165, 1.54) is 0 Å². The molecule has 1 aliphatic rings. The molecule has 2 aromatic rings. The van der Waals surface area contributed by atoms with E-state index in [1.54, 1.807) is 0 Å². The molecule has 0 spiro atoms. The lowest BCUT2D eigenvalue weighted by Crippen LogP contribution is -2.51. The molecule has 1 heterocycles. The number of hydrogen-bond donors (Lipinski definition) is 1. The van der Waals surface area contributed by atoms with Crippen molar-refractivity contribution < 1.29 is 14.3 Å². The Morgan fingerprint density at radius 3 is 1.90 bits per heavy atom. The largest absolute Gasteiger partial charge is 0.456 e. The van der Waals surface area contributed by atoms with Crippen LogP contribution in [0.5, 0.6) is 0 Å². The molecule has 21 heavy (non-hydrogen) atoms. The SMILES string of the molecule is O=CC1=CC(=O)NC(c2ccccc2)(c2ccccc2)O1. The maximum absolute atomic E-state index is 12.0. The fourth-order valence-electron chi connectivity index (χ4n) is 2.40. The third kappa shape index (κ3) is 2.31. The number of aldehydes is 1. The molecule has 4 heteroatoms. The minimum absolute atomic E-state index is 0.00598. The number of carbonyl (C=O) groups is 2. The number of nitrogens with one attached hydrogen (secondary N) is 1. The Hall–Kier alpha value is -2.88. The average molecular weight is 279 g/mol. The predicted octanol–water partition coefficient (Wildman–Crippen LogP) is 2.12. The van der Waals surface area contributed by atoms with Crippen molar-refractivity contribution in [3.63, 3.8) is 0 Å². The second-order valence-electron chi connectivity index (χ2n) is 4.67. The minimum atomic E-state index is -1.19. The smallest absolute Gasteiger partial charge is 0.251 e. The number of benzene rings is 2. The van der Waals surface area contributed by atoms with Crippen molar-refractivity contribution in [1.82, 2.24) is 5.32 Å². The summed E-state index contributed by atoms with van der Waals surface area (Å²) in [5, 5.41) is 2.83. The lowest BCUT2D eigenvalue weighted by molar-refractivity contribution is -0.130. The number of allylic oxidation sites excluding steroid dienone is 1. The van der Waals surface area contributed by atoms with Crippen LogP contribution >= 0.6 is 0 Å². The van der Waals surface area contributed by atoms with Crippen LogP contribution in [0.4, 0.5) is 0 Å². The molecule has 0 fully saturated rings. The third-order valence-electron chi connectivity index (χ3n) is 3.32. The Bertz CT molecular complexity index is 653. The summed E-state index contributed by atoms with van der Waals surface area (Å²) in [6.45, 7) is 0. The molecule has 0 radical (unpaired) electrons. The Kier molecular flexibility index (Phi) is 3.28. The summed E-state index contributed by atoms with van der Waals surface area (Å²) >= 11 is 0. The van der Waals surface area contributed by atoms with Crippen LogP contribution in [0.1, 0.15) is 11.1 Å². The summed E-state index contributed by atoms with van der Waals surface area (Å²) in [4.78, 5) is 23.1. The molecule has 1 aliphatic heterocycles. The zero-order valence-corrected chi connectivity index (χ0v) is 11.2. The van der Waals surface area contributed by atoms with Gasteiger partial charge in [-0.3, -0.25) is 9.59 Å². The summed E-state index contributed by atoms with van der Waals surface area (Å²) < 4.78 is 5.83. The minimum Gasteiger partial charge on any atom is -0.456 e. The van der Waals surface area contributed by atoms with E-state index in [0.29, 0.717) is 6.29 Å². The summed E-state index contributed by atoms with van der Waals surface area (Å²) in [5.41, 5.74) is 0.305. The van der Waals surface area contributed by atoms with Gasteiger partial charge in [-0.15, -0.1) is 0 Å². The van der Waals surface area contributed by atoms with Crippen molar-refractivity contribution in [1.29, 1.82) is 0 Å². The van der Waals surface area contributed by atoms with Crippen molar-refractivity contribution in [3.05, 3.63) is 83.6 Å². The quantitative estimate of drug-likeness (QED) is 0.876. The van der Waals surface area contributed by atoms with E-state index >= 15 is 0 Å². The van der Waals surface area contributed by atoms with E-state index in [4.69, 9.17) is 4.74 Å². The van der Waals surface area contributed by atoms with Crippen molar-refractivity contribution in [3.8, 4) is 0 Å². The summed E-state index contributed by atoms with van der Waals surface area (Å²) in [7, 11) is 0. The highest BCUT2D eigenvalue weighted by atomic mass is 16.5. The number of rotatable bonds is 3. The first kappa shape index (κ1) is 13.1.